The lowest BCUT2D eigenvalue weighted by Crippen LogP contribution is -2.30. The number of hydrogen-bond donors (Lipinski definition) is 0. The number of nitrogens with zero attached hydrogens (tertiary/aromatic N) is 3. The summed E-state index contributed by atoms with van der Waals surface area (Å²) in [5, 5.41) is 4.42. The number of aromatic nitrogens is 2. The maximum atomic E-state index is 12.8. The molecule has 0 saturated carbocycles. The van der Waals surface area contributed by atoms with Crippen molar-refractivity contribution in [3.05, 3.63) is 84.2 Å². The Balaban J connectivity index is 1.39. The van der Waals surface area contributed by atoms with Crippen molar-refractivity contribution in [1.82, 2.24) is 14.7 Å². The molecule has 0 bridgehead atoms. The van der Waals surface area contributed by atoms with Gasteiger partial charge in [0.15, 0.2) is 0 Å². The molecule has 3 aromatic rings. The van der Waals surface area contributed by atoms with Crippen LogP contribution in [-0.4, -0.2) is 27.1 Å². The second-order valence-electron chi connectivity index (χ2n) is 6.78. The first kappa shape index (κ1) is 16.6. The Bertz CT molecular complexity index is 857. The van der Waals surface area contributed by atoms with Gasteiger partial charge in [-0.05, 0) is 42.5 Å². The Kier molecular flexibility index (Phi) is 4.82. The standard InChI is InChI=1S/C22H23N3O/c26-22(24-15-7-12-21(24)19-8-3-1-4-9-19)14-13-18-16-23-25(17-18)20-10-5-2-6-11-20/h1-6,8-11,16-17,21H,7,12-15H2/t21-/m0/s1. The van der Waals surface area contributed by atoms with Gasteiger partial charge in [0.05, 0.1) is 17.9 Å². The summed E-state index contributed by atoms with van der Waals surface area (Å²) in [6.45, 7) is 0.863. The molecule has 1 aliphatic heterocycles. The number of carbonyl (C=O) groups excluding carboxylic acids is 1. The molecule has 0 radical (unpaired) electrons. The molecule has 1 fully saturated rings. The maximum absolute atomic E-state index is 12.8. The van der Waals surface area contributed by atoms with Crippen molar-refractivity contribution < 1.29 is 4.79 Å². The van der Waals surface area contributed by atoms with Gasteiger partial charge in [0.25, 0.3) is 0 Å². The fourth-order valence-corrected chi connectivity index (χ4v) is 3.69. The third kappa shape index (κ3) is 3.54. The Hall–Kier alpha value is -2.88. The fraction of sp³-hybridized carbons (Fsp3) is 0.273. The molecule has 132 valence electrons. The maximum Gasteiger partial charge on any atom is 0.223 e. The van der Waals surface area contributed by atoms with Gasteiger partial charge in [0.1, 0.15) is 0 Å². The Labute approximate surface area is 154 Å². The van der Waals surface area contributed by atoms with Gasteiger partial charge in [0.2, 0.25) is 5.91 Å². The lowest BCUT2D eigenvalue weighted by Gasteiger charge is -2.25. The van der Waals surface area contributed by atoms with Gasteiger partial charge in [-0.1, -0.05) is 48.5 Å². The zero-order valence-corrected chi connectivity index (χ0v) is 14.8. The molecule has 1 atom stereocenters. The van der Waals surface area contributed by atoms with E-state index in [1.54, 1.807) is 0 Å². The SMILES string of the molecule is O=C(CCc1cnn(-c2ccccc2)c1)N1CCC[C@H]1c1ccccc1. The topological polar surface area (TPSA) is 38.1 Å². The number of likely N-dealkylation sites (tertiary alicyclic amines) is 1. The highest BCUT2D eigenvalue weighted by Gasteiger charge is 2.29. The van der Waals surface area contributed by atoms with Gasteiger partial charge in [-0.25, -0.2) is 4.68 Å². The second-order valence-corrected chi connectivity index (χ2v) is 6.78. The van der Waals surface area contributed by atoms with Crippen LogP contribution in [0.5, 0.6) is 0 Å². The van der Waals surface area contributed by atoms with Crippen molar-refractivity contribution in [3.63, 3.8) is 0 Å². The molecule has 2 aromatic carbocycles. The first-order chi connectivity index (χ1) is 12.8. The van der Waals surface area contributed by atoms with E-state index < -0.39 is 0 Å². The number of hydrogen-bond acceptors (Lipinski definition) is 2. The number of para-hydroxylation sites is 1. The molecule has 0 unspecified atom stereocenters. The van der Waals surface area contributed by atoms with Crippen molar-refractivity contribution in [2.75, 3.05) is 6.54 Å². The van der Waals surface area contributed by atoms with E-state index in [0.29, 0.717) is 6.42 Å². The molecule has 1 saturated heterocycles. The zero-order valence-electron chi connectivity index (χ0n) is 14.8. The largest absolute Gasteiger partial charge is 0.336 e. The molecular formula is C22H23N3O. The minimum atomic E-state index is 0.232. The van der Waals surface area contributed by atoms with E-state index in [4.69, 9.17) is 0 Å². The molecule has 4 rings (SSSR count). The summed E-state index contributed by atoms with van der Waals surface area (Å²) >= 11 is 0. The van der Waals surface area contributed by atoms with E-state index >= 15 is 0 Å². The van der Waals surface area contributed by atoms with Crippen molar-refractivity contribution in [2.45, 2.75) is 31.7 Å². The Morgan fingerprint density at radius 1 is 1.04 bits per heavy atom. The van der Waals surface area contributed by atoms with E-state index in [-0.39, 0.29) is 11.9 Å². The molecule has 1 aliphatic rings. The number of benzene rings is 2. The number of aryl methyl sites for hydroxylation is 1. The van der Waals surface area contributed by atoms with Crippen molar-refractivity contribution in [1.29, 1.82) is 0 Å². The molecule has 4 nitrogen and oxygen atoms in total. The molecule has 26 heavy (non-hydrogen) atoms. The van der Waals surface area contributed by atoms with Gasteiger partial charge in [-0.3, -0.25) is 4.79 Å². The summed E-state index contributed by atoms with van der Waals surface area (Å²) in [5.41, 5.74) is 3.38. The number of rotatable bonds is 5. The fourth-order valence-electron chi connectivity index (χ4n) is 3.69. The van der Waals surface area contributed by atoms with Crippen LogP contribution in [0.3, 0.4) is 0 Å². The van der Waals surface area contributed by atoms with Gasteiger partial charge >= 0.3 is 0 Å². The van der Waals surface area contributed by atoms with Gasteiger partial charge in [-0.15, -0.1) is 0 Å². The third-order valence-corrected chi connectivity index (χ3v) is 5.04. The van der Waals surface area contributed by atoms with Crippen LogP contribution < -0.4 is 0 Å². The van der Waals surface area contributed by atoms with Gasteiger partial charge < -0.3 is 4.90 Å². The molecule has 1 aromatic heterocycles. The molecule has 1 amide bonds. The van der Waals surface area contributed by atoms with E-state index in [9.17, 15) is 4.79 Å². The Morgan fingerprint density at radius 3 is 2.54 bits per heavy atom. The molecule has 0 aliphatic carbocycles. The van der Waals surface area contributed by atoms with Crippen molar-refractivity contribution in [3.8, 4) is 5.69 Å². The van der Waals surface area contributed by atoms with Crippen LogP contribution in [0.15, 0.2) is 73.1 Å². The predicted molar refractivity (Wildman–Crippen MR) is 102 cm³/mol. The summed E-state index contributed by atoms with van der Waals surface area (Å²) in [6, 6.07) is 20.6. The lowest BCUT2D eigenvalue weighted by molar-refractivity contribution is -0.132. The molecule has 4 heteroatoms. The van der Waals surface area contributed by atoms with Crippen LogP contribution >= 0.6 is 0 Å². The minimum absolute atomic E-state index is 0.232. The molecule has 0 N–H and O–H groups in total. The predicted octanol–water partition coefficient (Wildman–Crippen LogP) is 4.17. The smallest absolute Gasteiger partial charge is 0.223 e. The average Bonchev–Trinajstić information content (AvgIpc) is 3.37. The summed E-state index contributed by atoms with van der Waals surface area (Å²) < 4.78 is 1.86. The van der Waals surface area contributed by atoms with E-state index in [1.807, 2.05) is 65.6 Å². The monoisotopic (exact) mass is 345 g/mol. The normalized spacial score (nSPS) is 16.8. The zero-order chi connectivity index (χ0) is 17.8. The third-order valence-electron chi connectivity index (χ3n) is 5.04. The summed E-state index contributed by atoms with van der Waals surface area (Å²) in [6.07, 6.45) is 7.27. The van der Waals surface area contributed by atoms with Crippen LogP contribution in [0, 0.1) is 0 Å². The van der Waals surface area contributed by atoms with Crippen molar-refractivity contribution in [2.24, 2.45) is 0 Å². The summed E-state index contributed by atoms with van der Waals surface area (Å²) in [5.74, 6) is 0.240. The highest BCUT2D eigenvalue weighted by Crippen LogP contribution is 2.32. The first-order valence-corrected chi connectivity index (χ1v) is 9.24. The van der Waals surface area contributed by atoms with Crippen LogP contribution in [-0.2, 0) is 11.2 Å². The van der Waals surface area contributed by atoms with Crippen LogP contribution in [0.25, 0.3) is 5.69 Å². The van der Waals surface area contributed by atoms with Crippen LogP contribution in [0.2, 0.25) is 0 Å². The quantitative estimate of drug-likeness (QED) is 0.696. The van der Waals surface area contributed by atoms with E-state index in [1.165, 1.54) is 5.56 Å². The first-order valence-electron chi connectivity index (χ1n) is 9.24. The van der Waals surface area contributed by atoms with E-state index in [0.717, 1.165) is 37.1 Å². The van der Waals surface area contributed by atoms with Crippen LogP contribution in [0.1, 0.15) is 36.4 Å². The highest BCUT2D eigenvalue weighted by molar-refractivity contribution is 5.77. The molecule has 0 spiro atoms. The number of carbonyl (C=O) groups is 1. The molecule has 2 heterocycles. The van der Waals surface area contributed by atoms with E-state index in [2.05, 4.69) is 22.1 Å². The van der Waals surface area contributed by atoms with Crippen LogP contribution in [0.4, 0.5) is 0 Å². The minimum Gasteiger partial charge on any atom is -0.336 e. The highest BCUT2D eigenvalue weighted by atomic mass is 16.2. The summed E-state index contributed by atoms with van der Waals surface area (Å²) in [7, 11) is 0. The number of amides is 1. The average molecular weight is 345 g/mol. The summed E-state index contributed by atoms with van der Waals surface area (Å²) in [4.78, 5) is 14.8. The molecular weight excluding hydrogens is 322 g/mol. The van der Waals surface area contributed by atoms with Crippen molar-refractivity contribution >= 4 is 5.91 Å². The van der Waals surface area contributed by atoms with Gasteiger partial charge in [-0.2, -0.15) is 5.10 Å². The van der Waals surface area contributed by atoms with Gasteiger partial charge in [0, 0.05) is 19.2 Å². The Morgan fingerprint density at radius 2 is 1.77 bits per heavy atom. The second kappa shape index (κ2) is 7.56. The lowest BCUT2D eigenvalue weighted by atomic mass is 10.0.